The third-order valence-electron chi connectivity index (χ3n) is 4.22. The second-order valence-corrected chi connectivity index (χ2v) is 6.84. The van der Waals surface area contributed by atoms with Crippen LogP contribution in [-0.2, 0) is 0 Å². The zero-order valence-electron chi connectivity index (χ0n) is 11.9. The first-order chi connectivity index (χ1) is 8.65. The lowest BCUT2D eigenvalue weighted by molar-refractivity contribution is 0.205. The molecule has 0 aromatic carbocycles. The molecule has 102 valence electrons. The van der Waals surface area contributed by atoms with Gasteiger partial charge in [-0.05, 0) is 44.4 Å². The maximum Gasteiger partial charge on any atom is 0.0593 e. The molecule has 0 bridgehead atoms. The Balaban J connectivity index is 2.16. The maximum atomic E-state index is 6.39. The second kappa shape index (κ2) is 6.18. The van der Waals surface area contributed by atoms with Gasteiger partial charge in [-0.3, -0.25) is 4.90 Å². The van der Waals surface area contributed by atoms with Crippen LogP contribution in [0, 0.1) is 12.8 Å². The van der Waals surface area contributed by atoms with Crippen molar-refractivity contribution in [2.45, 2.75) is 52.1 Å². The van der Waals surface area contributed by atoms with Gasteiger partial charge in [-0.1, -0.05) is 20.3 Å². The van der Waals surface area contributed by atoms with E-state index in [1.54, 1.807) is 0 Å². The monoisotopic (exact) mass is 266 g/mol. The van der Waals surface area contributed by atoms with Crippen molar-refractivity contribution in [2.24, 2.45) is 11.7 Å². The van der Waals surface area contributed by atoms with Gasteiger partial charge in [-0.15, -0.1) is 11.3 Å². The largest absolute Gasteiger partial charge is 0.326 e. The molecule has 1 saturated heterocycles. The van der Waals surface area contributed by atoms with Crippen LogP contribution in [0.2, 0.25) is 0 Å². The summed E-state index contributed by atoms with van der Waals surface area (Å²) in [5.41, 5.74) is 6.39. The Hall–Kier alpha value is -0.380. The molecule has 0 amide bonds. The molecule has 2 rings (SSSR count). The van der Waals surface area contributed by atoms with Crippen LogP contribution in [0.4, 0.5) is 0 Å². The third kappa shape index (κ3) is 2.95. The molecule has 1 aromatic rings. The molecule has 2 heterocycles. The number of nitrogens with two attached hydrogens (primary N) is 1. The quantitative estimate of drug-likeness (QED) is 0.883. The van der Waals surface area contributed by atoms with Gasteiger partial charge in [-0.2, -0.15) is 0 Å². The van der Waals surface area contributed by atoms with Crippen molar-refractivity contribution in [2.75, 3.05) is 13.1 Å². The third-order valence-corrected chi connectivity index (χ3v) is 5.29. The second-order valence-electron chi connectivity index (χ2n) is 5.52. The number of thiophene rings is 1. The van der Waals surface area contributed by atoms with Crippen LogP contribution in [0.3, 0.4) is 0 Å². The summed E-state index contributed by atoms with van der Waals surface area (Å²) < 4.78 is 0. The topological polar surface area (TPSA) is 29.3 Å². The van der Waals surface area contributed by atoms with Gasteiger partial charge in [0.25, 0.3) is 0 Å². The van der Waals surface area contributed by atoms with Gasteiger partial charge in [0.05, 0.1) is 6.04 Å². The molecule has 1 fully saturated rings. The first-order valence-electron chi connectivity index (χ1n) is 7.21. The van der Waals surface area contributed by atoms with Crippen LogP contribution in [-0.4, -0.2) is 24.0 Å². The van der Waals surface area contributed by atoms with E-state index in [2.05, 4.69) is 37.8 Å². The smallest absolute Gasteiger partial charge is 0.0593 e. The average molecular weight is 266 g/mol. The van der Waals surface area contributed by atoms with E-state index in [4.69, 9.17) is 5.73 Å². The molecule has 1 aliphatic rings. The summed E-state index contributed by atoms with van der Waals surface area (Å²) in [6, 6.07) is 5.20. The van der Waals surface area contributed by atoms with Crippen molar-refractivity contribution in [1.82, 2.24) is 4.90 Å². The lowest BCUT2D eigenvalue weighted by atomic mass is 10.0. The zero-order chi connectivity index (χ0) is 13.1. The van der Waals surface area contributed by atoms with E-state index in [-0.39, 0.29) is 6.04 Å². The number of likely N-dealkylation sites (tertiary alicyclic amines) is 1. The first kappa shape index (κ1) is 14.0. The number of hydrogen-bond donors (Lipinski definition) is 1. The summed E-state index contributed by atoms with van der Waals surface area (Å²) in [5.74, 6) is 0.873. The predicted molar refractivity (Wildman–Crippen MR) is 80.0 cm³/mol. The number of aryl methyl sites for hydroxylation is 1. The molecule has 3 heteroatoms. The van der Waals surface area contributed by atoms with E-state index in [1.807, 2.05) is 11.3 Å². The predicted octanol–water partition coefficient (Wildman–Crippen LogP) is 3.57. The van der Waals surface area contributed by atoms with E-state index in [0.717, 1.165) is 12.3 Å². The molecule has 2 nitrogen and oxygen atoms in total. The van der Waals surface area contributed by atoms with Crippen molar-refractivity contribution in [1.29, 1.82) is 0 Å². The van der Waals surface area contributed by atoms with E-state index < -0.39 is 0 Å². The fraction of sp³-hybridized carbons (Fsp3) is 0.733. The van der Waals surface area contributed by atoms with Crippen LogP contribution in [0.25, 0.3) is 0 Å². The molecule has 1 aromatic heterocycles. The molecule has 3 unspecified atom stereocenters. The lowest BCUT2D eigenvalue weighted by Crippen LogP contribution is -2.39. The van der Waals surface area contributed by atoms with Gasteiger partial charge >= 0.3 is 0 Å². The average Bonchev–Trinajstić information content (AvgIpc) is 2.99. The highest BCUT2D eigenvalue weighted by Crippen LogP contribution is 2.34. The summed E-state index contributed by atoms with van der Waals surface area (Å²) in [6.45, 7) is 9.13. The highest BCUT2D eigenvalue weighted by molar-refractivity contribution is 7.12. The van der Waals surface area contributed by atoms with Crippen molar-refractivity contribution in [3.05, 3.63) is 21.9 Å². The summed E-state index contributed by atoms with van der Waals surface area (Å²) in [4.78, 5) is 5.47. The fourth-order valence-electron chi connectivity index (χ4n) is 2.95. The molecule has 3 atom stereocenters. The SMILES string of the molecule is CCC1CCN(C(c2ccc(C)s2)C(N)CC)C1. The Kier molecular flexibility index (Phi) is 4.82. The lowest BCUT2D eigenvalue weighted by Gasteiger charge is -2.31. The van der Waals surface area contributed by atoms with Crippen LogP contribution < -0.4 is 5.73 Å². The van der Waals surface area contributed by atoms with E-state index in [0.29, 0.717) is 6.04 Å². The molecular formula is C15H26N2S. The molecule has 18 heavy (non-hydrogen) atoms. The Morgan fingerprint density at radius 2 is 2.22 bits per heavy atom. The summed E-state index contributed by atoms with van der Waals surface area (Å²) in [7, 11) is 0. The van der Waals surface area contributed by atoms with Crippen LogP contribution in [0.5, 0.6) is 0 Å². The van der Waals surface area contributed by atoms with Crippen LogP contribution >= 0.6 is 11.3 Å². The summed E-state index contributed by atoms with van der Waals surface area (Å²) >= 11 is 1.91. The highest BCUT2D eigenvalue weighted by atomic mass is 32.1. The summed E-state index contributed by atoms with van der Waals surface area (Å²) in [6.07, 6.45) is 3.69. The normalized spacial score (nSPS) is 24.3. The number of nitrogens with zero attached hydrogens (tertiary/aromatic N) is 1. The highest BCUT2D eigenvalue weighted by Gasteiger charge is 2.32. The number of hydrogen-bond acceptors (Lipinski definition) is 3. The van der Waals surface area contributed by atoms with Gasteiger partial charge in [0.2, 0.25) is 0 Å². The summed E-state index contributed by atoms with van der Waals surface area (Å²) in [5, 5.41) is 0. The van der Waals surface area contributed by atoms with Gasteiger partial charge in [0, 0.05) is 22.3 Å². The Morgan fingerprint density at radius 3 is 2.72 bits per heavy atom. The van der Waals surface area contributed by atoms with Crippen molar-refractivity contribution >= 4 is 11.3 Å². The minimum atomic E-state index is 0.263. The maximum absolute atomic E-state index is 6.39. The Labute approximate surface area is 115 Å². The van der Waals surface area contributed by atoms with Crippen LogP contribution in [0.15, 0.2) is 12.1 Å². The molecule has 0 spiro atoms. The Morgan fingerprint density at radius 1 is 1.44 bits per heavy atom. The zero-order valence-corrected chi connectivity index (χ0v) is 12.7. The van der Waals surface area contributed by atoms with Crippen molar-refractivity contribution in [3.8, 4) is 0 Å². The molecule has 1 aliphatic heterocycles. The van der Waals surface area contributed by atoms with Gasteiger partial charge in [0.15, 0.2) is 0 Å². The molecule has 0 saturated carbocycles. The van der Waals surface area contributed by atoms with Crippen molar-refractivity contribution < 1.29 is 0 Å². The van der Waals surface area contributed by atoms with E-state index in [1.165, 1.54) is 35.7 Å². The first-order valence-corrected chi connectivity index (χ1v) is 8.03. The van der Waals surface area contributed by atoms with E-state index >= 15 is 0 Å². The van der Waals surface area contributed by atoms with Gasteiger partial charge in [-0.25, -0.2) is 0 Å². The molecule has 0 radical (unpaired) electrons. The van der Waals surface area contributed by atoms with Gasteiger partial charge < -0.3 is 5.73 Å². The van der Waals surface area contributed by atoms with Gasteiger partial charge in [0.1, 0.15) is 0 Å². The number of rotatable bonds is 5. The Bertz CT molecular complexity index is 374. The minimum Gasteiger partial charge on any atom is -0.326 e. The standard InChI is InChI=1S/C15H26N2S/c1-4-12-8-9-17(10-12)15(13(16)5-2)14-7-6-11(3)18-14/h6-7,12-13,15H,4-5,8-10,16H2,1-3H3. The minimum absolute atomic E-state index is 0.263. The van der Waals surface area contributed by atoms with E-state index in [9.17, 15) is 0 Å². The molecular weight excluding hydrogens is 240 g/mol. The fourth-order valence-corrected chi connectivity index (χ4v) is 4.03. The van der Waals surface area contributed by atoms with Crippen molar-refractivity contribution in [3.63, 3.8) is 0 Å². The molecule has 0 aliphatic carbocycles. The molecule has 2 N–H and O–H groups in total. The van der Waals surface area contributed by atoms with Crippen LogP contribution in [0.1, 0.15) is 48.9 Å².